The Morgan fingerprint density at radius 2 is 1.73 bits per heavy atom. The summed E-state index contributed by atoms with van der Waals surface area (Å²) in [6, 6.07) is 17.2. The summed E-state index contributed by atoms with van der Waals surface area (Å²) in [5.41, 5.74) is 1.01. The van der Waals surface area contributed by atoms with Gasteiger partial charge in [0, 0.05) is 17.4 Å². The number of carboxylic acid groups (broad SMARTS) is 1. The minimum Gasteiger partial charge on any atom is -0.506 e. The van der Waals surface area contributed by atoms with Gasteiger partial charge in [-0.3, -0.25) is 0 Å². The molecule has 2 aromatic carbocycles. The van der Waals surface area contributed by atoms with Gasteiger partial charge in [0.05, 0.1) is 5.56 Å². The van der Waals surface area contributed by atoms with Crippen molar-refractivity contribution in [3.63, 3.8) is 0 Å². The SMILES string of the molecule is O=C(O)c1ccccc1CCSc1c(O)cc(-c2ccccc2)oc1=O. The smallest absolute Gasteiger partial charge is 0.353 e. The Kier molecular flexibility index (Phi) is 5.43. The highest BCUT2D eigenvalue weighted by Gasteiger charge is 2.14. The van der Waals surface area contributed by atoms with Crippen molar-refractivity contribution in [2.24, 2.45) is 0 Å². The molecule has 0 aliphatic heterocycles. The molecule has 0 atom stereocenters. The molecule has 5 nitrogen and oxygen atoms in total. The predicted molar refractivity (Wildman–Crippen MR) is 99.9 cm³/mol. The van der Waals surface area contributed by atoms with Crippen LogP contribution >= 0.6 is 11.8 Å². The van der Waals surface area contributed by atoms with E-state index in [1.807, 2.05) is 18.2 Å². The van der Waals surface area contributed by atoms with Crippen molar-refractivity contribution in [2.75, 3.05) is 5.75 Å². The van der Waals surface area contributed by atoms with Crippen LogP contribution in [-0.4, -0.2) is 21.9 Å². The molecule has 0 saturated carbocycles. The van der Waals surface area contributed by atoms with Crippen LogP contribution in [0.1, 0.15) is 15.9 Å². The van der Waals surface area contributed by atoms with Gasteiger partial charge >= 0.3 is 11.6 Å². The number of aromatic hydroxyl groups is 1. The average molecular weight is 368 g/mol. The van der Waals surface area contributed by atoms with Gasteiger partial charge in [0.15, 0.2) is 0 Å². The highest BCUT2D eigenvalue weighted by molar-refractivity contribution is 7.99. The molecule has 26 heavy (non-hydrogen) atoms. The second-order valence-electron chi connectivity index (χ2n) is 5.54. The Bertz CT molecular complexity index is 979. The van der Waals surface area contributed by atoms with Crippen LogP contribution in [0.2, 0.25) is 0 Å². The van der Waals surface area contributed by atoms with Crippen molar-refractivity contribution in [1.29, 1.82) is 0 Å². The molecular weight excluding hydrogens is 352 g/mol. The summed E-state index contributed by atoms with van der Waals surface area (Å²) in [6.45, 7) is 0. The lowest BCUT2D eigenvalue weighted by molar-refractivity contribution is 0.0695. The molecule has 0 aliphatic carbocycles. The third-order valence-corrected chi connectivity index (χ3v) is 4.89. The van der Waals surface area contributed by atoms with Crippen molar-refractivity contribution < 1.29 is 19.4 Å². The van der Waals surface area contributed by atoms with Crippen molar-refractivity contribution in [2.45, 2.75) is 11.3 Å². The van der Waals surface area contributed by atoms with E-state index in [0.29, 0.717) is 29.1 Å². The number of hydrogen-bond acceptors (Lipinski definition) is 5. The van der Waals surface area contributed by atoms with E-state index in [1.54, 1.807) is 36.4 Å². The van der Waals surface area contributed by atoms with Crippen LogP contribution in [0, 0.1) is 0 Å². The molecule has 2 N–H and O–H groups in total. The van der Waals surface area contributed by atoms with E-state index in [1.165, 1.54) is 6.07 Å². The highest BCUT2D eigenvalue weighted by atomic mass is 32.2. The number of aromatic carboxylic acids is 1. The molecular formula is C20H16O5S. The van der Waals surface area contributed by atoms with E-state index in [-0.39, 0.29) is 16.2 Å². The number of aryl methyl sites for hydroxylation is 1. The molecule has 1 aromatic heterocycles. The summed E-state index contributed by atoms with van der Waals surface area (Å²) < 4.78 is 5.31. The Morgan fingerprint density at radius 1 is 1.04 bits per heavy atom. The number of hydrogen-bond donors (Lipinski definition) is 2. The molecule has 0 amide bonds. The van der Waals surface area contributed by atoms with Crippen LogP contribution in [0.4, 0.5) is 0 Å². The summed E-state index contributed by atoms with van der Waals surface area (Å²) in [6.07, 6.45) is 0.451. The average Bonchev–Trinajstić information content (AvgIpc) is 2.64. The van der Waals surface area contributed by atoms with Gasteiger partial charge in [0.25, 0.3) is 0 Å². The quantitative estimate of drug-likeness (QED) is 0.638. The van der Waals surface area contributed by atoms with Gasteiger partial charge in [-0.2, -0.15) is 0 Å². The molecule has 3 aromatic rings. The number of carbonyl (C=O) groups is 1. The second-order valence-corrected chi connectivity index (χ2v) is 6.64. The second kappa shape index (κ2) is 7.93. The van der Waals surface area contributed by atoms with Gasteiger partial charge < -0.3 is 14.6 Å². The lowest BCUT2D eigenvalue weighted by atomic mass is 10.1. The Morgan fingerprint density at radius 3 is 2.42 bits per heavy atom. The molecule has 1 heterocycles. The third kappa shape index (κ3) is 3.97. The number of benzene rings is 2. The van der Waals surface area contributed by atoms with E-state index >= 15 is 0 Å². The zero-order chi connectivity index (χ0) is 18.5. The van der Waals surface area contributed by atoms with E-state index in [4.69, 9.17) is 4.42 Å². The maximum Gasteiger partial charge on any atom is 0.353 e. The standard InChI is InChI=1S/C20H16O5S/c21-16-12-17(14-7-2-1-3-8-14)25-20(24)18(16)26-11-10-13-6-4-5-9-15(13)19(22)23/h1-9,12,21H,10-11H2,(H,22,23). The number of thioether (sulfide) groups is 1. The normalized spacial score (nSPS) is 10.6. The van der Waals surface area contributed by atoms with Crippen molar-refractivity contribution in [3.8, 4) is 17.1 Å². The van der Waals surface area contributed by atoms with Gasteiger partial charge in [0.2, 0.25) is 0 Å². The zero-order valence-corrected chi connectivity index (χ0v) is 14.5. The minimum atomic E-state index is -0.986. The molecule has 3 rings (SSSR count). The van der Waals surface area contributed by atoms with Crippen LogP contribution in [0.25, 0.3) is 11.3 Å². The first-order valence-electron chi connectivity index (χ1n) is 7.93. The first kappa shape index (κ1) is 17.8. The van der Waals surface area contributed by atoms with Gasteiger partial charge in [0.1, 0.15) is 16.4 Å². The van der Waals surface area contributed by atoms with Crippen LogP contribution in [0.3, 0.4) is 0 Å². The Hall–Kier alpha value is -2.99. The maximum atomic E-state index is 12.2. The minimum absolute atomic E-state index is 0.123. The largest absolute Gasteiger partial charge is 0.506 e. The summed E-state index contributed by atoms with van der Waals surface area (Å²) >= 11 is 1.14. The van der Waals surface area contributed by atoms with Gasteiger partial charge in [-0.05, 0) is 18.1 Å². The molecule has 0 unspecified atom stereocenters. The van der Waals surface area contributed by atoms with Gasteiger partial charge in [-0.1, -0.05) is 48.5 Å². The third-order valence-electron chi connectivity index (χ3n) is 3.81. The lowest BCUT2D eigenvalue weighted by Gasteiger charge is -2.07. The van der Waals surface area contributed by atoms with Gasteiger partial charge in [-0.15, -0.1) is 11.8 Å². The summed E-state index contributed by atoms with van der Waals surface area (Å²) in [7, 11) is 0. The van der Waals surface area contributed by atoms with Crippen LogP contribution in [0.5, 0.6) is 5.75 Å². The zero-order valence-electron chi connectivity index (χ0n) is 13.7. The molecule has 0 fully saturated rings. The molecule has 0 aliphatic rings. The van der Waals surface area contributed by atoms with Crippen LogP contribution in [-0.2, 0) is 6.42 Å². The topological polar surface area (TPSA) is 87.7 Å². The molecule has 0 bridgehead atoms. The summed E-state index contributed by atoms with van der Waals surface area (Å²) in [4.78, 5) is 23.6. The molecule has 6 heteroatoms. The monoisotopic (exact) mass is 368 g/mol. The van der Waals surface area contributed by atoms with E-state index in [2.05, 4.69) is 0 Å². The Balaban J connectivity index is 1.75. The van der Waals surface area contributed by atoms with Crippen LogP contribution in [0.15, 0.2) is 74.8 Å². The van der Waals surface area contributed by atoms with E-state index < -0.39 is 11.6 Å². The van der Waals surface area contributed by atoms with E-state index in [9.17, 15) is 19.8 Å². The van der Waals surface area contributed by atoms with Gasteiger partial charge in [-0.25, -0.2) is 9.59 Å². The first-order valence-corrected chi connectivity index (χ1v) is 8.91. The first-order chi connectivity index (χ1) is 12.6. The van der Waals surface area contributed by atoms with Crippen molar-refractivity contribution in [3.05, 3.63) is 82.2 Å². The number of carboxylic acids is 1. The van der Waals surface area contributed by atoms with E-state index in [0.717, 1.165) is 11.8 Å². The molecule has 0 spiro atoms. The fraction of sp³-hybridized carbons (Fsp3) is 0.100. The molecule has 0 saturated heterocycles. The number of rotatable bonds is 6. The fourth-order valence-electron chi connectivity index (χ4n) is 2.56. The highest BCUT2D eigenvalue weighted by Crippen LogP contribution is 2.30. The fourth-order valence-corrected chi connectivity index (χ4v) is 3.45. The summed E-state index contributed by atoms with van der Waals surface area (Å²) in [5.74, 6) is -0.390. The Labute approximate surface area is 153 Å². The predicted octanol–water partition coefficient (Wildman–Crippen LogP) is 4.05. The summed E-state index contributed by atoms with van der Waals surface area (Å²) in [5, 5.41) is 19.4. The van der Waals surface area contributed by atoms with Crippen molar-refractivity contribution >= 4 is 17.7 Å². The maximum absolute atomic E-state index is 12.2. The molecule has 132 valence electrons. The van der Waals surface area contributed by atoms with Crippen LogP contribution < -0.4 is 5.63 Å². The van der Waals surface area contributed by atoms with Crippen molar-refractivity contribution in [1.82, 2.24) is 0 Å². The molecule has 0 radical (unpaired) electrons. The lowest BCUT2D eigenvalue weighted by Crippen LogP contribution is -2.06.